The number of hydrogen-bond donors (Lipinski definition) is 1. The first-order chi connectivity index (χ1) is 10.4. The second-order valence-corrected chi connectivity index (χ2v) is 9.35. The van der Waals surface area contributed by atoms with Gasteiger partial charge in [-0.3, -0.25) is 4.79 Å². The lowest BCUT2D eigenvalue weighted by Crippen LogP contribution is -2.34. The predicted molar refractivity (Wildman–Crippen MR) is 91.9 cm³/mol. The summed E-state index contributed by atoms with van der Waals surface area (Å²) in [7, 11) is -2.86. The van der Waals surface area contributed by atoms with E-state index in [1.807, 2.05) is 25.1 Å². The number of sulfone groups is 1. The summed E-state index contributed by atoms with van der Waals surface area (Å²) in [5.74, 6) is 0.819. The van der Waals surface area contributed by atoms with Crippen molar-refractivity contribution in [2.24, 2.45) is 0 Å². The van der Waals surface area contributed by atoms with Gasteiger partial charge in [0, 0.05) is 11.3 Å². The van der Waals surface area contributed by atoms with Crippen molar-refractivity contribution in [3.05, 3.63) is 35.9 Å². The minimum atomic E-state index is -2.86. The highest BCUT2D eigenvalue weighted by Crippen LogP contribution is 2.24. The van der Waals surface area contributed by atoms with Crippen LogP contribution in [0.4, 0.5) is 0 Å². The van der Waals surface area contributed by atoms with E-state index in [9.17, 15) is 13.2 Å². The Morgan fingerprint density at radius 3 is 2.73 bits per heavy atom. The lowest BCUT2D eigenvalue weighted by molar-refractivity contribution is -0.119. The third-order valence-corrected chi connectivity index (χ3v) is 7.04. The highest BCUT2D eigenvalue weighted by atomic mass is 32.2. The Bertz CT molecular complexity index is 587. The Kier molecular flexibility index (Phi) is 6.32. The minimum absolute atomic E-state index is 0.00476. The second kappa shape index (κ2) is 8.02. The van der Waals surface area contributed by atoms with E-state index in [4.69, 9.17) is 0 Å². The van der Waals surface area contributed by atoms with Crippen molar-refractivity contribution in [3.63, 3.8) is 0 Å². The van der Waals surface area contributed by atoms with E-state index in [1.165, 1.54) is 17.3 Å². The lowest BCUT2D eigenvalue weighted by Gasteiger charge is -2.14. The van der Waals surface area contributed by atoms with Crippen LogP contribution >= 0.6 is 11.8 Å². The molecule has 1 aromatic rings. The third kappa shape index (κ3) is 6.01. The van der Waals surface area contributed by atoms with Crippen LogP contribution in [0.2, 0.25) is 0 Å². The molecule has 0 aromatic heterocycles. The molecule has 0 aliphatic carbocycles. The van der Waals surface area contributed by atoms with Gasteiger partial charge in [0.15, 0.2) is 9.84 Å². The molecule has 0 radical (unpaired) electrons. The molecule has 0 bridgehead atoms. The first-order valence-corrected chi connectivity index (χ1v) is 10.5. The highest BCUT2D eigenvalue weighted by molar-refractivity contribution is 8.02. The summed E-state index contributed by atoms with van der Waals surface area (Å²) in [6, 6.07) is 10.3. The van der Waals surface area contributed by atoms with E-state index < -0.39 is 9.84 Å². The van der Waals surface area contributed by atoms with Crippen molar-refractivity contribution in [2.75, 3.05) is 17.3 Å². The van der Waals surface area contributed by atoms with E-state index in [0.29, 0.717) is 12.2 Å². The molecule has 1 heterocycles. The summed E-state index contributed by atoms with van der Waals surface area (Å²) in [5, 5.41) is 3.06. The number of amides is 1. The van der Waals surface area contributed by atoms with E-state index in [0.717, 1.165) is 12.8 Å². The molecule has 2 rings (SSSR count). The molecule has 4 nitrogen and oxygen atoms in total. The number of rotatable bonds is 7. The summed E-state index contributed by atoms with van der Waals surface area (Å²) >= 11 is 1.46. The first kappa shape index (κ1) is 17.3. The SMILES string of the molecule is CC(CCc1ccccc1)NC(=O)CSC1CCS(=O)(=O)C1. The van der Waals surface area contributed by atoms with Gasteiger partial charge in [0.05, 0.1) is 17.3 Å². The predicted octanol–water partition coefficient (Wildman–Crippen LogP) is 2.04. The van der Waals surface area contributed by atoms with Crippen molar-refractivity contribution in [2.45, 2.75) is 37.5 Å². The molecule has 1 amide bonds. The quantitative estimate of drug-likeness (QED) is 0.824. The van der Waals surface area contributed by atoms with Gasteiger partial charge < -0.3 is 5.32 Å². The summed E-state index contributed by atoms with van der Waals surface area (Å²) in [6.45, 7) is 2.01. The molecular weight excluding hydrogens is 318 g/mol. The van der Waals surface area contributed by atoms with Crippen molar-refractivity contribution >= 4 is 27.5 Å². The molecule has 122 valence electrons. The van der Waals surface area contributed by atoms with Gasteiger partial charge in [-0.2, -0.15) is 0 Å². The molecule has 2 atom stereocenters. The van der Waals surface area contributed by atoms with Crippen molar-refractivity contribution in [1.29, 1.82) is 0 Å². The molecule has 1 fully saturated rings. The van der Waals surface area contributed by atoms with E-state index in [1.54, 1.807) is 0 Å². The molecule has 1 aromatic carbocycles. The van der Waals surface area contributed by atoms with Crippen LogP contribution < -0.4 is 5.32 Å². The van der Waals surface area contributed by atoms with Crippen LogP contribution in [-0.4, -0.2) is 42.9 Å². The number of thioether (sulfide) groups is 1. The van der Waals surface area contributed by atoms with Gasteiger partial charge in [0.1, 0.15) is 0 Å². The molecule has 1 saturated heterocycles. The number of benzene rings is 1. The summed E-state index contributed by atoms with van der Waals surface area (Å²) in [5.41, 5.74) is 1.27. The van der Waals surface area contributed by atoms with Gasteiger partial charge in [-0.15, -0.1) is 11.8 Å². The van der Waals surface area contributed by atoms with Crippen LogP contribution in [-0.2, 0) is 21.1 Å². The summed E-state index contributed by atoms with van der Waals surface area (Å²) in [6.07, 6.45) is 2.51. The number of carbonyl (C=O) groups is 1. The Hall–Kier alpha value is -1.01. The molecule has 1 aliphatic heterocycles. The van der Waals surface area contributed by atoms with Gasteiger partial charge in [-0.1, -0.05) is 30.3 Å². The summed E-state index contributed by atoms with van der Waals surface area (Å²) in [4.78, 5) is 11.9. The smallest absolute Gasteiger partial charge is 0.230 e. The maximum Gasteiger partial charge on any atom is 0.230 e. The Balaban J connectivity index is 1.64. The van der Waals surface area contributed by atoms with E-state index >= 15 is 0 Å². The zero-order chi connectivity index (χ0) is 16.0. The van der Waals surface area contributed by atoms with Gasteiger partial charge in [-0.25, -0.2) is 8.42 Å². The number of carbonyl (C=O) groups excluding carboxylic acids is 1. The van der Waals surface area contributed by atoms with Crippen LogP contribution in [0, 0.1) is 0 Å². The van der Waals surface area contributed by atoms with Crippen LogP contribution in [0.1, 0.15) is 25.3 Å². The minimum Gasteiger partial charge on any atom is -0.353 e. The Morgan fingerprint density at radius 1 is 1.36 bits per heavy atom. The average molecular weight is 341 g/mol. The highest BCUT2D eigenvalue weighted by Gasteiger charge is 2.28. The number of nitrogens with one attached hydrogen (secondary N) is 1. The van der Waals surface area contributed by atoms with Gasteiger partial charge in [0.2, 0.25) is 5.91 Å². The molecule has 0 spiro atoms. The van der Waals surface area contributed by atoms with Crippen LogP contribution in [0.3, 0.4) is 0 Å². The van der Waals surface area contributed by atoms with Crippen LogP contribution in [0.25, 0.3) is 0 Å². The maximum atomic E-state index is 11.9. The second-order valence-electron chi connectivity index (χ2n) is 5.83. The Morgan fingerprint density at radius 2 is 2.09 bits per heavy atom. The van der Waals surface area contributed by atoms with Crippen molar-refractivity contribution in [1.82, 2.24) is 5.32 Å². The Labute approximate surface area is 137 Å². The fourth-order valence-corrected chi connectivity index (χ4v) is 5.96. The van der Waals surface area contributed by atoms with E-state index in [-0.39, 0.29) is 28.7 Å². The maximum absolute atomic E-state index is 11.9. The van der Waals surface area contributed by atoms with Crippen LogP contribution in [0.15, 0.2) is 30.3 Å². The fourth-order valence-electron chi connectivity index (χ4n) is 2.50. The average Bonchev–Trinajstić information content (AvgIpc) is 2.83. The fraction of sp³-hybridized carbons (Fsp3) is 0.562. The molecule has 22 heavy (non-hydrogen) atoms. The first-order valence-electron chi connectivity index (χ1n) is 7.60. The van der Waals surface area contributed by atoms with Gasteiger partial charge in [0.25, 0.3) is 0 Å². The van der Waals surface area contributed by atoms with Gasteiger partial charge >= 0.3 is 0 Å². The monoisotopic (exact) mass is 341 g/mol. The van der Waals surface area contributed by atoms with Gasteiger partial charge in [-0.05, 0) is 31.7 Å². The zero-order valence-electron chi connectivity index (χ0n) is 12.8. The van der Waals surface area contributed by atoms with Crippen molar-refractivity contribution in [3.8, 4) is 0 Å². The number of hydrogen-bond acceptors (Lipinski definition) is 4. The molecule has 1 aliphatic rings. The molecular formula is C16H23NO3S2. The molecule has 0 saturated carbocycles. The molecule has 1 N–H and O–H groups in total. The molecule has 2 unspecified atom stereocenters. The lowest BCUT2D eigenvalue weighted by atomic mass is 10.1. The normalized spacial score (nSPS) is 21.4. The molecule has 6 heteroatoms. The zero-order valence-corrected chi connectivity index (χ0v) is 14.5. The van der Waals surface area contributed by atoms with Crippen LogP contribution in [0.5, 0.6) is 0 Å². The summed E-state index contributed by atoms with van der Waals surface area (Å²) < 4.78 is 22.7. The largest absolute Gasteiger partial charge is 0.353 e. The third-order valence-electron chi connectivity index (χ3n) is 3.76. The van der Waals surface area contributed by atoms with E-state index in [2.05, 4.69) is 17.4 Å². The number of aryl methyl sites for hydroxylation is 1. The standard InChI is InChI=1S/C16H23NO3S2/c1-13(7-8-14-5-3-2-4-6-14)17-16(18)11-21-15-9-10-22(19,20)12-15/h2-6,13,15H,7-12H2,1H3,(H,17,18). The van der Waals surface area contributed by atoms with Crippen molar-refractivity contribution < 1.29 is 13.2 Å². The topological polar surface area (TPSA) is 63.2 Å².